The van der Waals surface area contributed by atoms with Gasteiger partial charge in [0.2, 0.25) is 0 Å². The van der Waals surface area contributed by atoms with E-state index < -0.39 is 27.4 Å². The molecule has 5 rings (SSSR count). The zero-order valence-corrected chi connectivity index (χ0v) is 18.4. The minimum absolute atomic E-state index is 0.0783. The molecule has 2 heterocycles. The van der Waals surface area contributed by atoms with E-state index in [4.69, 9.17) is 0 Å². The fourth-order valence-electron chi connectivity index (χ4n) is 4.04. The van der Waals surface area contributed by atoms with Crippen molar-refractivity contribution >= 4 is 38.3 Å². The largest absolute Gasteiger partial charge is 0.296 e. The minimum atomic E-state index is -4.24. The van der Waals surface area contributed by atoms with Crippen molar-refractivity contribution in [3.63, 3.8) is 0 Å². The second-order valence-corrected chi connectivity index (χ2v) is 9.38. The Hall–Kier alpha value is -4.18. The molecule has 0 atom stereocenters. The van der Waals surface area contributed by atoms with Gasteiger partial charge >= 0.3 is 0 Å². The molecule has 1 aromatic heterocycles. The molecular formula is C23H18N4O5S. The highest BCUT2D eigenvalue weighted by molar-refractivity contribution is 7.92. The van der Waals surface area contributed by atoms with Gasteiger partial charge in [-0.2, -0.15) is 0 Å². The van der Waals surface area contributed by atoms with Crippen LogP contribution in [-0.4, -0.2) is 29.6 Å². The first kappa shape index (κ1) is 20.7. The molecule has 0 unspecified atom stereocenters. The average Bonchev–Trinajstić information content (AvgIpc) is 3.00. The van der Waals surface area contributed by atoms with Gasteiger partial charge in [-0.25, -0.2) is 13.1 Å². The molecule has 0 bridgehead atoms. The third kappa shape index (κ3) is 3.14. The summed E-state index contributed by atoms with van der Waals surface area (Å²) < 4.78 is 31.9. The predicted octanol–water partition coefficient (Wildman–Crippen LogP) is 2.32. The van der Waals surface area contributed by atoms with Crippen molar-refractivity contribution in [2.24, 2.45) is 7.05 Å². The Morgan fingerprint density at radius 3 is 2.30 bits per heavy atom. The molecule has 0 aliphatic carbocycles. The molecule has 10 heteroatoms. The van der Waals surface area contributed by atoms with Gasteiger partial charge in [0.05, 0.1) is 16.3 Å². The lowest BCUT2D eigenvalue weighted by atomic mass is 9.95. The molecule has 2 amide bonds. The molecule has 0 spiro atoms. The van der Waals surface area contributed by atoms with Crippen LogP contribution < -0.4 is 15.6 Å². The highest BCUT2D eigenvalue weighted by Crippen LogP contribution is 2.30. The lowest BCUT2D eigenvalue weighted by Gasteiger charge is -2.18. The molecule has 2 N–H and O–H groups in total. The Morgan fingerprint density at radius 2 is 1.58 bits per heavy atom. The van der Waals surface area contributed by atoms with Gasteiger partial charge in [-0.15, -0.1) is 0 Å². The first-order valence-corrected chi connectivity index (χ1v) is 11.5. The number of hydrogen-bond acceptors (Lipinski definition) is 5. The van der Waals surface area contributed by atoms with Gasteiger partial charge in [0.15, 0.2) is 0 Å². The SMILES string of the molecule is Cc1c(NS(=O)(=O)c2cc3c4c(cccc4c2)C(=O)NC3=O)c(=O)n(-c2ccccc2)n1C. The van der Waals surface area contributed by atoms with Gasteiger partial charge < -0.3 is 0 Å². The first-order chi connectivity index (χ1) is 15.7. The van der Waals surface area contributed by atoms with Crippen LogP contribution >= 0.6 is 0 Å². The number of rotatable bonds is 4. The van der Waals surface area contributed by atoms with Crippen LogP contribution in [0.4, 0.5) is 5.69 Å². The summed E-state index contributed by atoms with van der Waals surface area (Å²) >= 11 is 0. The lowest BCUT2D eigenvalue weighted by molar-refractivity contribution is 0.0845. The maximum Gasteiger partial charge on any atom is 0.296 e. The fraction of sp³-hybridized carbons (Fsp3) is 0.0870. The van der Waals surface area contributed by atoms with E-state index in [1.165, 1.54) is 16.8 Å². The van der Waals surface area contributed by atoms with Crippen molar-refractivity contribution in [1.29, 1.82) is 0 Å². The van der Waals surface area contributed by atoms with Crippen LogP contribution in [0.5, 0.6) is 0 Å². The highest BCUT2D eigenvalue weighted by atomic mass is 32.2. The van der Waals surface area contributed by atoms with Crippen molar-refractivity contribution < 1.29 is 18.0 Å². The summed E-state index contributed by atoms with van der Waals surface area (Å²) in [5.41, 5.74) is 0.752. The van der Waals surface area contributed by atoms with Crippen molar-refractivity contribution in [2.75, 3.05) is 4.72 Å². The van der Waals surface area contributed by atoms with Crippen molar-refractivity contribution in [3.05, 3.63) is 87.8 Å². The van der Waals surface area contributed by atoms with Crippen LogP contribution in [-0.2, 0) is 17.1 Å². The third-order valence-electron chi connectivity index (χ3n) is 5.77. The minimum Gasteiger partial charge on any atom is -0.288 e. The Balaban J connectivity index is 1.64. The monoisotopic (exact) mass is 462 g/mol. The van der Waals surface area contributed by atoms with E-state index in [-0.39, 0.29) is 16.1 Å². The zero-order chi connectivity index (χ0) is 23.5. The Labute approximate surface area is 188 Å². The summed E-state index contributed by atoms with van der Waals surface area (Å²) in [7, 11) is -2.58. The van der Waals surface area contributed by atoms with E-state index in [2.05, 4.69) is 10.0 Å². The topological polar surface area (TPSA) is 119 Å². The quantitative estimate of drug-likeness (QED) is 0.451. The number of carbonyl (C=O) groups excluding carboxylic acids is 2. The summed E-state index contributed by atoms with van der Waals surface area (Å²) in [6, 6.07) is 16.2. The molecule has 0 fully saturated rings. The van der Waals surface area contributed by atoms with E-state index in [1.54, 1.807) is 61.1 Å². The number of hydrogen-bond donors (Lipinski definition) is 2. The molecule has 0 radical (unpaired) electrons. The van der Waals surface area contributed by atoms with Crippen LogP contribution in [0.25, 0.3) is 16.5 Å². The van der Waals surface area contributed by atoms with Crippen LogP contribution in [0.3, 0.4) is 0 Å². The molecular weight excluding hydrogens is 444 g/mol. The molecule has 9 nitrogen and oxygen atoms in total. The first-order valence-electron chi connectivity index (χ1n) is 9.98. The van der Waals surface area contributed by atoms with E-state index in [0.717, 1.165) is 0 Å². The molecule has 1 aliphatic heterocycles. The molecule has 0 saturated carbocycles. The number of carbonyl (C=O) groups is 2. The summed E-state index contributed by atoms with van der Waals surface area (Å²) in [4.78, 5) is 37.5. The molecule has 0 saturated heterocycles. The van der Waals surface area contributed by atoms with E-state index >= 15 is 0 Å². The summed E-state index contributed by atoms with van der Waals surface area (Å²) in [6.07, 6.45) is 0. The number of anilines is 1. The molecule has 3 aromatic carbocycles. The normalized spacial score (nSPS) is 13.3. The Morgan fingerprint density at radius 1 is 0.879 bits per heavy atom. The number of amides is 2. The van der Waals surface area contributed by atoms with Gasteiger partial charge in [0.25, 0.3) is 27.4 Å². The maximum atomic E-state index is 13.3. The Bertz CT molecular complexity index is 1650. The van der Waals surface area contributed by atoms with Crippen LogP contribution in [0.15, 0.2) is 70.4 Å². The summed E-state index contributed by atoms with van der Waals surface area (Å²) in [5.74, 6) is -1.21. The number of benzene rings is 3. The smallest absolute Gasteiger partial charge is 0.288 e. The number of para-hydroxylation sites is 1. The number of nitrogens with one attached hydrogen (secondary N) is 2. The maximum absolute atomic E-state index is 13.3. The number of imide groups is 1. The highest BCUT2D eigenvalue weighted by Gasteiger charge is 2.29. The van der Waals surface area contributed by atoms with Crippen LogP contribution in [0.2, 0.25) is 0 Å². The second-order valence-electron chi connectivity index (χ2n) is 7.70. The van der Waals surface area contributed by atoms with Crippen LogP contribution in [0.1, 0.15) is 26.4 Å². The molecule has 4 aromatic rings. The Kier molecular flexibility index (Phi) is 4.50. The molecule has 166 valence electrons. The van der Waals surface area contributed by atoms with E-state index in [0.29, 0.717) is 27.7 Å². The van der Waals surface area contributed by atoms with Crippen molar-refractivity contribution in [2.45, 2.75) is 11.8 Å². The molecule has 33 heavy (non-hydrogen) atoms. The third-order valence-corrected chi connectivity index (χ3v) is 7.10. The number of aromatic nitrogens is 2. The number of sulfonamides is 1. The fourth-order valence-corrected chi connectivity index (χ4v) is 5.22. The van der Waals surface area contributed by atoms with Gasteiger partial charge in [-0.3, -0.25) is 29.1 Å². The number of nitrogens with zero attached hydrogens (tertiary/aromatic N) is 2. The van der Waals surface area contributed by atoms with Gasteiger partial charge in [-0.05, 0) is 42.6 Å². The second kappa shape index (κ2) is 7.17. The van der Waals surface area contributed by atoms with Crippen molar-refractivity contribution in [1.82, 2.24) is 14.7 Å². The average molecular weight is 462 g/mol. The van der Waals surface area contributed by atoms with Gasteiger partial charge in [0, 0.05) is 23.6 Å². The van der Waals surface area contributed by atoms with E-state index in [1.807, 2.05) is 6.07 Å². The van der Waals surface area contributed by atoms with Crippen molar-refractivity contribution in [3.8, 4) is 5.69 Å². The van der Waals surface area contributed by atoms with E-state index in [9.17, 15) is 22.8 Å². The lowest BCUT2D eigenvalue weighted by Crippen LogP contribution is -2.35. The summed E-state index contributed by atoms with van der Waals surface area (Å²) in [5, 5.41) is 3.05. The summed E-state index contributed by atoms with van der Waals surface area (Å²) in [6.45, 7) is 1.63. The van der Waals surface area contributed by atoms with Gasteiger partial charge in [-0.1, -0.05) is 30.3 Å². The van der Waals surface area contributed by atoms with Crippen LogP contribution in [0, 0.1) is 6.92 Å². The predicted molar refractivity (Wildman–Crippen MR) is 122 cm³/mol. The zero-order valence-electron chi connectivity index (χ0n) is 17.6. The standard InChI is InChI=1S/C23H18N4O5S/c1-13-20(23(30)27(26(13)2)15-8-4-3-5-9-15)25-33(31,32)16-11-14-7-6-10-17-19(14)18(12-16)22(29)24-21(17)28/h3-12,25H,1-2H3,(H,24,28,29). The van der Waals surface area contributed by atoms with Gasteiger partial charge in [0.1, 0.15) is 5.69 Å². The molecule has 1 aliphatic rings.